The molecule has 1 fully saturated rings. The Morgan fingerprint density at radius 1 is 1.56 bits per heavy atom. The summed E-state index contributed by atoms with van der Waals surface area (Å²) in [6.45, 7) is 2.49. The lowest BCUT2D eigenvalue weighted by Crippen LogP contribution is -2.31. The van der Waals surface area contributed by atoms with E-state index in [9.17, 15) is 5.11 Å². The molecule has 2 rings (SSSR count). The van der Waals surface area contributed by atoms with E-state index in [1.165, 1.54) is 0 Å². The third-order valence-electron chi connectivity index (χ3n) is 2.97. The van der Waals surface area contributed by atoms with Crippen LogP contribution in [0.3, 0.4) is 0 Å². The number of phenols is 1. The van der Waals surface area contributed by atoms with Gasteiger partial charge in [-0.05, 0) is 31.2 Å². The minimum atomic E-state index is 0.136. The third-order valence-corrected chi connectivity index (χ3v) is 3.28. The molecule has 0 bridgehead atoms. The fourth-order valence-corrected chi connectivity index (χ4v) is 2.14. The molecule has 1 atom stereocenters. The topological polar surface area (TPSA) is 32.7 Å². The van der Waals surface area contributed by atoms with Crippen molar-refractivity contribution in [3.63, 3.8) is 0 Å². The third kappa shape index (κ3) is 2.67. The molecule has 0 saturated carbocycles. The van der Waals surface area contributed by atoms with Crippen LogP contribution in [0.1, 0.15) is 12.0 Å². The summed E-state index contributed by atoms with van der Waals surface area (Å²) >= 11 is 5.86. The van der Waals surface area contributed by atoms with E-state index in [-0.39, 0.29) is 5.75 Å². The summed E-state index contributed by atoms with van der Waals surface area (Å²) in [4.78, 5) is 2.26. The van der Waals surface area contributed by atoms with E-state index in [0.717, 1.165) is 31.7 Å². The van der Waals surface area contributed by atoms with Gasteiger partial charge in [-0.15, -0.1) is 0 Å². The van der Waals surface area contributed by atoms with Gasteiger partial charge in [0.2, 0.25) is 0 Å². The molecule has 16 heavy (non-hydrogen) atoms. The Labute approximate surface area is 101 Å². The molecular weight excluding hydrogens is 226 g/mol. The zero-order valence-corrected chi connectivity index (χ0v) is 10.1. The number of aromatic hydroxyl groups is 1. The smallest absolute Gasteiger partial charge is 0.134 e. The zero-order valence-electron chi connectivity index (χ0n) is 9.32. The highest BCUT2D eigenvalue weighted by Crippen LogP contribution is 2.24. The van der Waals surface area contributed by atoms with Gasteiger partial charge in [-0.3, -0.25) is 4.90 Å². The Kier molecular flexibility index (Phi) is 3.69. The molecule has 0 radical (unpaired) electrons. The number of halogens is 1. The SMILES string of the molecule is CN(Cc1ccc(O)c(Cl)c1)C1CCOC1. The lowest BCUT2D eigenvalue weighted by atomic mass is 10.1. The van der Waals surface area contributed by atoms with E-state index in [0.29, 0.717) is 11.1 Å². The van der Waals surface area contributed by atoms with Gasteiger partial charge < -0.3 is 9.84 Å². The summed E-state index contributed by atoms with van der Waals surface area (Å²) in [5, 5.41) is 9.73. The molecule has 0 aliphatic carbocycles. The Bertz CT molecular complexity index is 364. The van der Waals surface area contributed by atoms with Gasteiger partial charge in [-0.25, -0.2) is 0 Å². The number of rotatable bonds is 3. The van der Waals surface area contributed by atoms with Gasteiger partial charge in [0.25, 0.3) is 0 Å². The lowest BCUT2D eigenvalue weighted by Gasteiger charge is -2.22. The van der Waals surface area contributed by atoms with Crippen molar-refractivity contribution < 1.29 is 9.84 Å². The number of hydrogen-bond acceptors (Lipinski definition) is 3. The first-order valence-electron chi connectivity index (χ1n) is 5.42. The number of likely N-dealkylation sites (N-methyl/N-ethyl adjacent to an activating group) is 1. The zero-order chi connectivity index (χ0) is 11.5. The van der Waals surface area contributed by atoms with E-state index in [2.05, 4.69) is 11.9 Å². The van der Waals surface area contributed by atoms with Crippen LogP contribution >= 0.6 is 11.6 Å². The van der Waals surface area contributed by atoms with Crippen LogP contribution in [0, 0.1) is 0 Å². The van der Waals surface area contributed by atoms with Gasteiger partial charge in [-0.2, -0.15) is 0 Å². The van der Waals surface area contributed by atoms with Crippen molar-refractivity contribution >= 4 is 11.6 Å². The number of hydrogen-bond donors (Lipinski definition) is 1. The molecule has 1 N–H and O–H groups in total. The van der Waals surface area contributed by atoms with Crippen molar-refractivity contribution in [3.8, 4) is 5.75 Å². The molecule has 0 aromatic heterocycles. The molecule has 88 valence electrons. The van der Waals surface area contributed by atoms with Gasteiger partial charge in [0.15, 0.2) is 0 Å². The van der Waals surface area contributed by atoms with Crippen molar-refractivity contribution in [1.82, 2.24) is 4.90 Å². The van der Waals surface area contributed by atoms with E-state index in [4.69, 9.17) is 16.3 Å². The maximum Gasteiger partial charge on any atom is 0.134 e. The van der Waals surface area contributed by atoms with Crippen molar-refractivity contribution in [2.75, 3.05) is 20.3 Å². The quantitative estimate of drug-likeness (QED) is 0.881. The van der Waals surface area contributed by atoms with Crippen molar-refractivity contribution in [2.45, 2.75) is 19.0 Å². The Balaban J connectivity index is 1.99. The van der Waals surface area contributed by atoms with Gasteiger partial charge in [-0.1, -0.05) is 17.7 Å². The second-order valence-electron chi connectivity index (χ2n) is 4.22. The monoisotopic (exact) mass is 241 g/mol. The fourth-order valence-electron chi connectivity index (χ4n) is 1.94. The normalized spacial score (nSPS) is 20.6. The van der Waals surface area contributed by atoms with Gasteiger partial charge in [0.05, 0.1) is 11.6 Å². The second-order valence-corrected chi connectivity index (χ2v) is 4.63. The molecule has 0 amide bonds. The molecule has 1 aliphatic rings. The summed E-state index contributed by atoms with van der Waals surface area (Å²) in [6.07, 6.45) is 1.09. The van der Waals surface area contributed by atoms with Crippen LogP contribution in [0.4, 0.5) is 0 Å². The van der Waals surface area contributed by atoms with Crippen molar-refractivity contribution in [3.05, 3.63) is 28.8 Å². The number of benzene rings is 1. The van der Waals surface area contributed by atoms with Gasteiger partial charge in [0.1, 0.15) is 5.75 Å². The van der Waals surface area contributed by atoms with E-state index in [1.54, 1.807) is 6.07 Å². The largest absolute Gasteiger partial charge is 0.506 e. The maximum atomic E-state index is 9.32. The van der Waals surface area contributed by atoms with Crippen LogP contribution in [0.15, 0.2) is 18.2 Å². The van der Waals surface area contributed by atoms with Crippen LogP contribution in [0.2, 0.25) is 5.02 Å². The highest BCUT2D eigenvalue weighted by molar-refractivity contribution is 6.32. The van der Waals surface area contributed by atoms with Crippen LogP contribution in [-0.2, 0) is 11.3 Å². The average molecular weight is 242 g/mol. The van der Waals surface area contributed by atoms with Crippen molar-refractivity contribution in [2.24, 2.45) is 0 Å². The van der Waals surface area contributed by atoms with Crippen molar-refractivity contribution in [1.29, 1.82) is 0 Å². The number of nitrogens with zero attached hydrogens (tertiary/aromatic N) is 1. The molecule has 4 heteroatoms. The highest BCUT2D eigenvalue weighted by Gasteiger charge is 2.20. The highest BCUT2D eigenvalue weighted by atomic mass is 35.5. The molecule has 0 spiro atoms. The Hall–Kier alpha value is -0.770. The molecule has 3 nitrogen and oxygen atoms in total. The molecule has 1 heterocycles. The fraction of sp³-hybridized carbons (Fsp3) is 0.500. The minimum Gasteiger partial charge on any atom is -0.506 e. The first-order chi connectivity index (χ1) is 7.66. The predicted molar refractivity (Wildman–Crippen MR) is 63.8 cm³/mol. The van der Waals surface area contributed by atoms with Crippen LogP contribution < -0.4 is 0 Å². The Morgan fingerprint density at radius 3 is 3.00 bits per heavy atom. The molecule has 1 aromatic carbocycles. The Morgan fingerprint density at radius 2 is 2.38 bits per heavy atom. The second kappa shape index (κ2) is 5.04. The van der Waals surface area contributed by atoms with E-state index in [1.807, 2.05) is 12.1 Å². The molecule has 1 saturated heterocycles. The molecular formula is C12H16ClNO2. The first kappa shape index (κ1) is 11.7. The molecule has 1 unspecified atom stereocenters. The van der Waals surface area contributed by atoms with E-state index < -0.39 is 0 Å². The van der Waals surface area contributed by atoms with Gasteiger partial charge >= 0.3 is 0 Å². The summed E-state index contributed by atoms with van der Waals surface area (Å²) in [7, 11) is 2.08. The standard InChI is InChI=1S/C12H16ClNO2/c1-14(10-4-5-16-8-10)7-9-2-3-12(15)11(13)6-9/h2-3,6,10,15H,4-5,7-8H2,1H3. The number of ether oxygens (including phenoxy) is 1. The summed E-state index contributed by atoms with van der Waals surface area (Å²) in [5.74, 6) is 0.136. The predicted octanol–water partition coefficient (Wildman–Crippen LogP) is 2.27. The summed E-state index contributed by atoms with van der Waals surface area (Å²) in [5.41, 5.74) is 1.11. The van der Waals surface area contributed by atoms with Crippen LogP contribution in [0.5, 0.6) is 5.75 Å². The van der Waals surface area contributed by atoms with Gasteiger partial charge in [0, 0.05) is 19.2 Å². The van der Waals surface area contributed by atoms with Crippen LogP contribution in [-0.4, -0.2) is 36.3 Å². The first-order valence-corrected chi connectivity index (χ1v) is 5.80. The molecule has 1 aliphatic heterocycles. The maximum absolute atomic E-state index is 9.32. The van der Waals surface area contributed by atoms with E-state index >= 15 is 0 Å². The molecule has 1 aromatic rings. The minimum absolute atomic E-state index is 0.136. The number of phenolic OH excluding ortho intramolecular Hbond substituents is 1. The average Bonchev–Trinajstić information content (AvgIpc) is 2.77. The summed E-state index contributed by atoms with van der Waals surface area (Å²) in [6, 6.07) is 5.83. The summed E-state index contributed by atoms with van der Waals surface area (Å²) < 4.78 is 5.35. The van der Waals surface area contributed by atoms with Crippen LogP contribution in [0.25, 0.3) is 0 Å². The lowest BCUT2D eigenvalue weighted by molar-refractivity contribution is 0.156.